The number of ether oxygens (including phenoxy) is 2. The molecule has 1 rings (SSSR count). The maximum absolute atomic E-state index is 11.2. The molecule has 0 saturated carbocycles. The normalized spacial score (nSPS) is 30.2. The molecule has 0 spiro atoms. The molecule has 0 unspecified atom stereocenters. The number of carbonyl (C=O) groups excluding carboxylic acids is 1. The number of aliphatic hydroxyl groups is 1. The molecule has 0 fully saturated rings. The maximum Gasteiger partial charge on any atom is 0.189 e. The molecule has 0 aromatic carbocycles. The highest BCUT2D eigenvalue weighted by molar-refractivity contribution is 5.99. The molecule has 4 nitrogen and oxygen atoms in total. The summed E-state index contributed by atoms with van der Waals surface area (Å²) >= 11 is 0. The van der Waals surface area contributed by atoms with E-state index in [1.165, 1.54) is 7.11 Å². The van der Waals surface area contributed by atoms with Crippen LogP contribution in [0.3, 0.4) is 0 Å². The van der Waals surface area contributed by atoms with Crippen LogP contribution in [0.25, 0.3) is 0 Å². The summed E-state index contributed by atoms with van der Waals surface area (Å²) in [6, 6.07) is 0. The van der Waals surface area contributed by atoms with Gasteiger partial charge in [-0.15, -0.1) is 0 Å². The Labute approximate surface area is 70.8 Å². The molecule has 68 valence electrons. The molecule has 0 aromatic rings. The van der Waals surface area contributed by atoms with Crippen LogP contribution in [0.5, 0.6) is 0 Å². The molecule has 12 heavy (non-hydrogen) atoms. The van der Waals surface area contributed by atoms with Gasteiger partial charge in [0.2, 0.25) is 0 Å². The molecule has 0 aromatic heterocycles. The number of ketones is 1. The molecule has 4 heteroatoms. The van der Waals surface area contributed by atoms with E-state index in [0.29, 0.717) is 5.57 Å². The van der Waals surface area contributed by atoms with Gasteiger partial charge in [-0.1, -0.05) is 0 Å². The van der Waals surface area contributed by atoms with Crippen LogP contribution in [0.2, 0.25) is 0 Å². The van der Waals surface area contributed by atoms with Gasteiger partial charge in [0.15, 0.2) is 12.1 Å². The Hall–Kier alpha value is -0.710. The van der Waals surface area contributed by atoms with Crippen LogP contribution in [0, 0.1) is 0 Å². The quantitative estimate of drug-likeness (QED) is 0.630. The average molecular weight is 172 g/mol. The predicted octanol–water partition coefficient (Wildman–Crippen LogP) is -0.135. The van der Waals surface area contributed by atoms with Crippen LogP contribution >= 0.6 is 0 Å². The molecule has 2 atom stereocenters. The lowest BCUT2D eigenvalue weighted by Crippen LogP contribution is -2.37. The zero-order chi connectivity index (χ0) is 9.14. The SMILES string of the molecule is CO[C@H]1C=C(C)C(=O)[C@@H](CO)O1. The van der Waals surface area contributed by atoms with Crippen LogP contribution in [-0.4, -0.2) is 37.0 Å². The molecule has 1 aliphatic rings. The number of methoxy groups -OCH3 is 1. The summed E-state index contributed by atoms with van der Waals surface area (Å²) in [6.45, 7) is 1.38. The van der Waals surface area contributed by atoms with E-state index in [2.05, 4.69) is 0 Å². The second-order valence-electron chi connectivity index (χ2n) is 2.63. The van der Waals surface area contributed by atoms with Gasteiger partial charge in [0.25, 0.3) is 0 Å². The smallest absolute Gasteiger partial charge is 0.189 e. The van der Waals surface area contributed by atoms with Gasteiger partial charge in [-0.25, -0.2) is 0 Å². The molecule has 1 aliphatic heterocycles. The number of Topliss-reactive ketones (excluding diaryl/α,β-unsaturated/α-hetero) is 1. The van der Waals surface area contributed by atoms with Crippen molar-refractivity contribution in [1.82, 2.24) is 0 Å². The van der Waals surface area contributed by atoms with E-state index < -0.39 is 12.4 Å². The average Bonchev–Trinajstić information content (AvgIpc) is 2.09. The third kappa shape index (κ3) is 1.72. The predicted molar refractivity (Wildman–Crippen MR) is 41.5 cm³/mol. The highest BCUT2D eigenvalue weighted by Crippen LogP contribution is 2.15. The van der Waals surface area contributed by atoms with Crippen LogP contribution in [0.15, 0.2) is 11.6 Å². The largest absolute Gasteiger partial charge is 0.393 e. The Bertz CT molecular complexity index is 209. The lowest BCUT2D eigenvalue weighted by atomic mass is 10.1. The summed E-state index contributed by atoms with van der Waals surface area (Å²) in [5.74, 6) is -0.175. The molecular weight excluding hydrogens is 160 g/mol. The van der Waals surface area contributed by atoms with E-state index in [1.54, 1.807) is 13.0 Å². The van der Waals surface area contributed by atoms with E-state index in [0.717, 1.165) is 0 Å². The monoisotopic (exact) mass is 172 g/mol. The van der Waals surface area contributed by atoms with E-state index in [9.17, 15) is 4.79 Å². The molecule has 0 aliphatic carbocycles. The molecule has 1 N–H and O–H groups in total. The van der Waals surface area contributed by atoms with Crippen molar-refractivity contribution < 1.29 is 19.4 Å². The molecule has 0 radical (unpaired) electrons. The summed E-state index contributed by atoms with van der Waals surface area (Å²) in [5, 5.41) is 8.76. The van der Waals surface area contributed by atoms with E-state index >= 15 is 0 Å². The van der Waals surface area contributed by atoms with Crippen molar-refractivity contribution in [3.05, 3.63) is 11.6 Å². The number of hydrogen-bond acceptors (Lipinski definition) is 4. The van der Waals surface area contributed by atoms with Gasteiger partial charge < -0.3 is 14.6 Å². The zero-order valence-electron chi connectivity index (χ0n) is 7.11. The van der Waals surface area contributed by atoms with Crippen molar-refractivity contribution in [2.45, 2.75) is 19.3 Å². The van der Waals surface area contributed by atoms with Gasteiger partial charge in [-0.3, -0.25) is 4.79 Å². The molecule has 0 amide bonds. The summed E-state index contributed by atoms with van der Waals surface area (Å²) in [5.41, 5.74) is 0.576. The van der Waals surface area contributed by atoms with Crippen molar-refractivity contribution in [2.24, 2.45) is 0 Å². The third-order valence-electron chi connectivity index (χ3n) is 1.76. The van der Waals surface area contributed by atoms with Gasteiger partial charge in [0, 0.05) is 7.11 Å². The number of rotatable bonds is 2. The van der Waals surface area contributed by atoms with E-state index in [-0.39, 0.29) is 12.4 Å². The van der Waals surface area contributed by atoms with Crippen LogP contribution < -0.4 is 0 Å². The third-order valence-corrected chi connectivity index (χ3v) is 1.76. The minimum atomic E-state index is -0.764. The molecular formula is C8H12O4. The Kier molecular flexibility index (Phi) is 2.97. The lowest BCUT2D eigenvalue weighted by molar-refractivity contribution is -0.162. The highest BCUT2D eigenvalue weighted by Gasteiger charge is 2.27. The first-order valence-corrected chi connectivity index (χ1v) is 3.70. The second-order valence-corrected chi connectivity index (χ2v) is 2.63. The topological polar surface area (TPSA) is 55.8 Å². The lowest BCUT2D eigenvalue weighted by Gasteiger charge is -2.24. The molecule has 0 bridgehead atoms. The molecule has 0 saturated heterocycles. The van der Waals surface area contributed by atoms with Gasteiger partial charge >= 0.3 is 0 Å². The fourth-order valence-electron chi connectivity index (χ4n) is 1.05. The van der Waals surface area contributed by atoms with Crippen LogP contribution in [0.1, 0.15) is 6.92 Å². The van der Waals surface area contributed by atoms with E-state index in [1.807, 2.05) is 0 Å². The van der Waals surface area contributed by atoms with Crippen LogP contribution in [-0.2, 0) is 14.3 Å². The van der Waals surface area contributed by atoms with Gasteiger partial charge in [-0.05, 0) is 18.6 Å². The van der Waals surface area contributed by atoms with Gasteiger partial charge in [0.05, 0.1) is 6.61 Å². The highest BCUT2D eigenvalue weighted by atomic mass is 16.7. The van der Waals surface area contributed by atoms with Crippen molar-refractivity contribution >= 4 is 5.78 Å². The standard InChI is InChI=1S/C8H12O4/c1-5-3-7(11-2)12-6(4-9)8(5)10/h3,6-7,9H,4H2,1-2H3/t6-,7-/m1/s1. The van der Waals surface area contributed by atoms with Crippen molar-refractivity contribution in [3.8, 4) is 0 Å². The summed E-state index contributed by atoms with van der Waals surface area (Å²) in [4.78, 5) is 11.2. The Balaban J connectivity index is 2.76. The zero-order valence-corrected chi connectivity index (χ0v) is 7.11. The summed E-state index contributed by atoms with van der Waals surface area (Å²) in [6.07, 6.45) is 0.314. The van der Waals surface area contributed by atoms with Crippen LogP contribution in [0.4, 0.5) is 0 Å². The summed E-state index contributed by atoms with van der Waals surface area (Å²) in [7, 11) is 1.48. The fraction of sp³-hybridized carbons (Fsp3) is 0.625. The summed E-state index contributed by atoms with van der Waals surface area (Å²) < 4.78 is 9.95. The molecule has 1 heterocycles. The Morgan fingerprint density at radius 3 is 2.92 bits per heavy atom. The number of hydrogen-bond donors (Lipinski definition) is 1. The first-order chi connectivity index (χ1) is 5.69. The Morgan fingerprint density at radius 2 is 2.42 bits per heavy atom. The van der Waals surface area contributed by atoms with Gasteiger partial charge in [0.1, 0.15) is 6.10 Å². The fourth-order valence-corrected chi connectivity index (χ4v) is 1.05. The first-order valence-electron chi connectivity index (χ1n) is 3.70. The number of aliphatic hydroxyl groups excluding tert-OH is 1. The minimum absolute atomic E-state index is 0.175. The second kappa shape index (κ2) is 3.80. The minimum Gasteiger partial charge on any atom is -0.393 e. The van der Waals surface area contributed by atoms with Crippen molar-refractivity contribution in [1.29, 1.82) is 0 Å². The van der Waals surface area contributed by atoms with E-state index in [4.69, 9.17) is 14.6 Å². The van der Waals surface area contributed by atoms with Crippen molar-refractivity contribution in [3.63, 3.8) is 0 Å². The Morgan fingerprint density at radius 1 is 1.75 bits per heavy atom. The first kappa shape index (κ1) is 9.38. The van der Waals surface area contributed by atoms with Gasteiger partial charge in [-0.2, -0.15) is 0 Å². The maximum atomic E-state index is 11.2. The van der Waals surface area contributed by atoms with Crippen molar-refractivity contribution in [2.75, 3.05) is 13.7 Å². The number of carbonyl (C=O) groups is 1.